The molecule has 0 spiro atoms. The second-order valence-corrected chi connectivity index (χ2v) is 3.83. The van der Waals surface area contributed by atoms with E-state index in [1.165, 1.54) is 30.4 Å². The summed E-state index contributed by atoms with van der Waals surface area (Å²) in [5.41, 5.74) is 2.53. The molecule has 82 valence electrons. The van der Waals surface area contributed by atoms with Crippen LogP contribution in [-0.2, 0) is 6.54 Å². The van der Waals surface area contributed by atoms with Crippen LogP contribution in [0.3, 0.4) is 0 Å². The van der Waals surface area contributed by atoms with Crippen molar-refractivity contribution >= 4 is 6.08 Å². The van der Waals surface area contributed by atoms with Crippen LogP contribution in [0.1, 0.15) is 37.3 Å². The third kappa shape index (κ3) is 4.80. The lowest BCUT2D eigenvalue weighted by atomic mass is 10.1. The summed E-state index contributed by atoms with van der Waals surface area (Å²) in [6.45, 7) is 8.07. The Balaban J connectivity index is 2.22. The molecule has 0 bridgehead atoms. The number of hydrogen-bond acceptors (Lipinski definition) is 1. The lowest BCUT2D eigenvalue weighted by molar-refractivity contribution is 0.617. The van der Waals surface area contributed by atoms with Crippen molar-refractivity contribution in [3.05, 3.63) is 42.0 Å². The summed E-state index contributed by atoms with van der Waals surface area (Å²) in [4.78, 5) is 0. The molecule has 1 N–H and O–H groups in total. The molecule has 1 nitrogen and oxygen atoms in total. The van der Waals surface area contributed by atoms with Gasteiger partial charge < -0.3 is 5.32 Å². The Hall–Kier alpha value is -1.08. The zero-order valence-electron chi connectivity index (χ0n) is 9.63. The number of benzene rings is 1. The molecule has 0 aliphatic carbocycles. The first-order valence-corrected chi connectivity index (χ1v) is 5.79. The fourth-order valence-corrected chi connectivity index (χ4v) is 1.50. The molecule has 1 rings (SSSR count). The SMILES string of the molecule is C=Cc1ccc(CNCCCCC)cc1. The molecule has 0 aliphatic heterocycles. The molecule has 0 fully saturated rings. The maximum absolute atomic E-state index is 3.74. The van der Waals surface area contributed by atoms with Crippen LogP contribution in [0.25, 0.3) is 6.08 Å². The van der Waals surface area contributed by atoms with E-state index in [9.17, 15) is 0 Å². The first kappa shape index (κ1) is 12.0. The summed E-state index contributed by atoms with van der Waals surface area (Å²) >= 11 is 0. The number of rotatable bonds is 7. The van der Waals surface area contributed by atoms with Gasteiger partial charge in [-0.15, -0.1) is 0 Å². The molecule has 0 aromatic heterocycles. The lowest BCUT2D eigenvalue weighted by Crippen LogP contribution is -2.14. The van der Waals surface area contributed by atoms with Gasteiger partial charge in [0.25, 0.3) is 0 Å². The Morgan fingerprint density at radius 3 is 2.53 bits per heavy atom. The maximum atomic E-state index is 3.74. The average molecular weight is 203 g/mol. The maximum Gasteiger partial charge on any atom is 0.0205 e. The number of unbranched alkanes of at least 4 members (excludes halogenated alkanes) is 2. The van der Waals surface area contributed by atoms with Gasteiger partial charge in [0.1, 0.15) is 0 Å². The monoisotopic (exact) mass is 203 g/mol. The van der Waals surface area contributed by atoms with Crippen LogP contribution in [0, 0.1) is 0 Å². The van der Waals surface area contributed by atoms with Crippen molar-refractivity contribution in [2.24, 2.45) is 0 Å². The van der Waals surface area contributed by atoms with Crippen molar-refractivity contribution in [3.8, 4) is 0 Å². The number of hydrogen-bond donors (Lipinski definition) is 1. The minimum Gasteiger partial charge on any atom is -0.313 e. The van der Waals surface area contributed by atoms with Gasteiger partial charge >= 0.3 is 0 Å². The van der Waals surface area contributed by atoms with Crippen LogP contribution in [0.4, 0.5) is 0 Å². The molecule has 0 amide bonds. The Labute approximate surface area is 93.2 Å². The van der Waals surface area contributed by atoms with E-state index >= 15 is 0 Å². The average Bonchev–Trinajstić information content (AvgIpc) is 2.30. The van der Waals surface area contributed by atoms with E-state index in [-0.39, 0.29) is 0 Å². The Kier molecular flexibility index (Phi) is 5.79. The highest BCUT2D eigenvalue weighted by Crippen LogP contribution is 2.05. The van der Waals surface area contributed by atoms with Crippen molar-refractivity contribution < 1.29 is 0 Å². The van der Waals surface area contributed by atoms with Crippen LogP contribution in [-0.4, -0.2) is 6.54 Å². The van der Waals surface area contributed by atoms with Crippen LogP contribution in [0.2, 0.25) is 0 Å². The number of nitrogens with one attached hydrogen (secondary N) is 1. The van der Waals surface area contributed by atoms with Gasteiger partial charge in [0.2, 0.25) is 0 Å². The van der Waals surface area contributed by atoms with Crippen molar-refractivity contribution in [1.82, 2.24) is 5.32 Å². The molecule has 1 aromatic rings. The highest BCUT2D eigenvalue weighted by atomic mass is 14.8. The molecule has 1 aromatic carbocycles. The van der Waals surface area contributed by atoms with Crippen molar-refractivity contribution in [1.29, 1.82) is 0 Å². The summed E-state index contributed by atoms with van der Waals surface area (Å²) in [6, 6.07) is 8.53. The summed E-state index contributed by atoms with van der Waals surface area (Å²) in [5, 5.41) is 3.45. The fourth-order valence-electron chi connectivity index (χ4n) is 1.50. The highest BCUT2D eigenvalue weighted by Gasteiger charge is 1.92. The molecule has 0 radical (unpaired) electrons. The van der Waals surface area contributed by atoms with Crippen molar-refractivity contribution in [3.63, 3.8) is 0 Å². The molecule has 0 saturated heterocycles. The largest absolute Gasteiger partial charge is 0.313 e. The van der Waals surface area contributed by atoms with E-state index in [0.29, 0.717) is 0 Å². The van der Waals surface area contributed by atoms with Crippen LogP contribution < -0.4 is 5.32 Å². The van der Waals surface area contributed by atoms with Gasteiger partial charge in [-0.2, -0.15) is 0 Å². The first-order chi connectivity index (χ1) is 7.36. The summed E-state index contributed by atoms with van der Waals surface area (Å²) in [7, 11) is 0. The smallest absolute Gasteiger partial charge is 0.0205 e. The Bertz CT molecular complexity index is 274. The van der Waals surface area contributed by atoms with Gasteiger partial charge in [-0.25, -0.2) is 0 Å². The second kappa shape index (κ2) is 7.24. The van der Waals surface area contributed by atoms with E-state index in [4.69, 9.17) is 0 Å². The summed E-state index contributed by atoms with van der Waals surface area (Å²) < 4.78 is 0. The van der Waals surface area contributed by atoms with Gasteiger partial charge in [0.05, 0.1) is 0 Å². The van der Waals surface area contributed by atoms with Crippen LogP contribution >= 0.6 is 0 Å². The van der Waals surface area contributed by atoms with Crippen LogP contribution in [0.15, 0.2) is 30.8 Å². The quantitative estimate of drug-likeness (QED) is 0.667. The molecule has 0 saturated carbocycles. The van der Waals surface area contributed by atoms with Crippen molar-refractivity contribution in [2.45, 2.75) is 32.7 Å². The minimum atomic E-state index is 0.973. The van der Waals surface area contributed by atoms with Crippen LogP contribution in [0.5, 0.6) is 0 Å². The predicted molar refractivity (Wildman–Crippen MR) is 67.8 cm³/mol. The third-order valence-electron chi connectivity index (χ3n) is 2.50. The zero-order chi connectivity index (χ0) is 10.9. The third-order valence-corrected chi connectivity index (χ3v) is 2.50. The molecule has 15 heavy (non-hydrogen) atoms. The van der Waals surface area contributed by atoms with E-state index in [0.717, 1.165) is 13.1 Å². The molecule has 1 heteroatoms. The van der Waals surface area contributed by atoms with E-state index < -0.39 is 0 Å². The minimum absolute atomic E-state index is 0.973. The molecule has 0 atom stereocenters. The fraction of sp³-hybridized carbons (Fsp3) is 0.429. The Morgan fingerprint density at radius 2 is 1.93 bits per heavy atom. The first-order valence-electron chi connectivity index (χ1n) is 5.79. The Morgan fingerprint density at radius 1 is 1.20 bits per heavy atom. The molecule has 0 aliphatic rings. The van der Waals surface area contributed by atoms with Gasteiger partial charge in [0.15, 0.2) is 0 Å². The standard InChI is InChI=1S/C14H21N/c1-3-5-6-11-15-12-14-9-7-13(4-2)8-10-14/h4,7-10,15H,2-3,5-6,11-12H2,1H3. The second-order valence-electron chi connectivity index (χ2n) is 3.83. The van der Waals surface area contributed by atoms with Gasteiger partial charge in [-0.05, 0) is 24.1 Å². The molecular weight excluding hydrogens is 182 g/mol. The van der Waals surface area contributed by atoms with E-state index in [2.05, 4.69) is 43.1 Å². The van der Waals surface area contributed by atoms with Gasteiger partial charge in [-0.1, -0.05) is 56.7 Å². The molecule has 0 unspecified atom stereocenters. The zero-order valence-corrected chi connectivity index (χ0v) is 9.63. The van der Waals surface area contributed by atoms with Gasteiger partial charge in [-0.3, -0.25) is 0 Å². The highest BCUT2D eigenvalue weighted by molar-refractivity contribution is 5.47. The topological polar surface area (TPSA) is 12.0 Å². The lowest BCUT2D eigenvalue weighted by Gasteiger charge is -2.04. The normalized spacial score (nSPS) is 10.2. The van der Waals surface area contributed by atoms with Crippen molar-refractivity contribution in [2.75, 3.05) is 6.54 Å². The predicted octanol–water partition coefficient (Wildman–Crippen LogP) is 3.61. The van der Waals surface area contributed by atoms with Gasteiger partial charge in [0, 0.05) is 6.54 Å². The summed E-state index contributed by atoms with van der Waals surface area (Å²) in [5.74, 6) is 0. The van der Waals surface area contributed by atoms with E-state index in [1.54, 1.807) is 0 Å². The molecular formula is C14H21N. The molecule has 0 heterocycles. The van der Waals surface area contributed by atoms with E-state index in [1.807, 2.05) is 6.08 Å². The summed E-state index contributed by atoms with van der Waals surface area (Å²) in [6.07, 6.45) is 5.76.